The summed E-state index contributed by atoms with van der Waals surface area (Å²) in [6.07, 6.45) is 15.9. The van der Waals surface area contributed by atoms with E-state index in [4.69, 9.17) is 4.42 Å². The highest BCUT2D eigenvalue weighted by atomic mass is 16.3. The molecule has 2 unspecified atom stereocenters. The maximum Gasteiger partial charge on any atom is 0.135 e. The topological polar surface area (TPSA) is 21.3 Å². The molecule has 3 nitrogen and oxygen atoms in total. The summed E-state index contributed by atoms with van der Waals surface area (Å²) in [6, 6.07) is 39.7. The number of para-hydroxylation sites is 2. The zero-order valence-corrected chi connectivity index (χ0v) is 24.7. The summed E-state index contributed by atoms with van der Waals surface area (Å²) in [6.45, 7) is 0. The number of anilines is 2. The molecule has 45 heavy (non-hydrogen) atoms. The number of allylic oxidation sites excluding steroid dienone is 6. The fourth-order valence-electron chi connectivity index (χ4n) is 8.08. The summed E-state index contributed by atoms with van der Waals surface area (Å²) >= 11 is 0. The SMILES string of the molecule is C1=CC2c3c(ccc4c3c3ccccc3n4C3=CC=C(c4ccccc4)CC3)N(c3ccc4oc5ccccc5c4c3)C2C=C1. The van der Waals surface area contributed by atoms with Crippen LogP contribution >= 0.6 is 0 Å². The molecule has 214 valence electrons. The minimum absolute atomic E-state index is 0.207. The number of fused-ring (bicyclic) bond motifs is 10. The molecule has 0 N–H and O–H groups in total. The zero-order valence-electron chi connectivity index (χ0n) is 24.7. The number of furan rings is 1. The predicted octanol–water partition coefficient (Wildman–Crippen LogP) is 11.1. The molecule has 7 aromatic rings. The maximum absolute atomic E-state index is 6.19. The molecule has 0 saturated heterocycles. The standard InChI is InChI=1S/C42H30N2O/c1-2-10-27(11-3-1)28-18-20-29(21-19-28)43-35-15-7-4-13-32(35)41-37(43)23-24-38-42(41)33-14-5-8-16-36(33)44(38)30-22-25-40-34(26-30)31-12-6-9-17-39(31)45-40/h1-18,20,22-26,33,36H,19,21H2. The summed E-state index contributed by atoms with van der Waals surface area (Å²) in [7, 11) is 0. The van der Waals surface area contributed by atoms with Gasteiger partial charge in [0.25, 0.3) is 0 Å². The van der Waals surface area contributed by atoms with E-state index in [1.165, 1.54) is 55.6 Å². The molecule has 10 rings (SSSR count). The van der Waals surface area contributed by atoms with Gasteiger partial charge in [-0.1, -0.05) is 97.1 Å². The number of hydrogen-bond donors (Lipinski definition) is 0. The van der Waals surface area contributed by atoms with Crippen molar-refractivity contribution in [3.63, 3.8) is 0 Å². The molecule has 0 fully saturated rings. The molecular formula is C42H30N2O. The Bertz CT molecular complexity index is 2450. The molecule has 2 atom stereocenters. The molecule has 2 aromatic heterocycles. The van der Waals surface area contributed by atoms with Gasteiger partial charge in [0.15, 0.2) is 0 Å². The molecule has 0 bridgehead atoms. The van der Waals surface area contributed by atoms with Gasteiger partial charge in [-0.3, -0.25) is 0 Å². The first-order chi connectivity index (χ1) is 22.3. The van der Waals surface area contributed by atoms with E-state index in [9.17, 15) is 0 Å². The summed E-state index contributed by atoms with van der Waals surface area (Å²) in [5.41, 5.74) is 12.4. The van der Waals surface area contributed by atoms with E-state index in [2.05, 4.69) is 149 Å². The van der Waals surface area contributed by atoms with Crippen LogP contribution in [0.3, 0.4) is 0 Å². The monoisotopic (exact) mass is 578 g/mol. The fourth-order valence-corrected chi connectivity index (χ4v) is 8.08. The van der Waals surface area contributed by atoms with Crippen LogP contribution in [0.1, 0.15) is 29.9 Å². The van der Waals surface area contributed by atoms with Gasteiger partial charge in [-0.15, -0.1) is 0 Å². The van der Waals surface area contributed by atoms with E-state index in [0.717, 1.165) is 34.8 Å². The van der Waals surface area contributed by atoms with Crippen molar-refractivity contribution in [2.24, 2.45) is 0 Å². The van der Waals surface area contributed by atoms with E-state index in [0.29, 0.717) is 0 Å². The van der Waals surface area contributed by atoms with Crippen LogP contribution in [0.5, 0.6) is 0 Å². The van der Waals surface area contributed by atoms with Gasteiger partial charge in [-0.25, -0.2) is 0 Å². The Labute approximate surface area is 261 Å². The fraction of sp³-hybridized carbons (Fsp3) is 0.0952. The second-order valence-electron chi connectivity index (χ2n) is 12.4. The van der Waals surface area contributed by atoms with Gasteiger partial charge in [0.2, 0.25) is 0 Å². The first-order valence-corrected chi connectivity index (χ1v) is 15.9. The number of aromatic nitrogens is 1. The van der Waals surface area contributed by atoms with Crippen LogP contribution in [0.25, 0.3) is 55.0 Å². The lowest BCUT2D eigenvalue weighted by Crippen LogP contribution is -2.28. The lowest BCUT2D eigenvalue weighted by molar-refractivity contribution is 0.669. The van der Waals surface area contributed by atoms with E-state index in [-0.39, 0.29) is 12.0 Å². The Kier molecular flexibility index (Phi) is 5.23. The average molecular weight is 579 g/mol. The van der Waals surface area contributed by atoms with Gasteiger partial charge in [-0.05, 0) is 78.1 Å². The average Bonchev–Trinajstić information content (AvgIpc) is 3.76. The van der Waals surface area contributed by atoms with Crippen LogP contribution in [0.2, 0.25) is 0 Å². The lowest BCUT2D eigenvalue weighted by Gasteiger charge is -2.28. The summed E-state index contributed by atoms with van der Waals surface area (Å²) in [5.74, 6) is 0.259. The molecule has 3 aliphatic rings. The van der Waals surface area contributed by atoms with Crippen LogP contribution < -0.4 is 4.90 Å². The Morgan fingerprint density at radius 2 is 1.42 bits per heavy atom. The summed E-state index contributed by atoms with van der Waals surface area (Å²) < 4.78 is 8.71. The Hall–Kier alpha value is -5.54. The van der Waals surface area contributed by atoms with Crippen molar-refractivity contribution in [2.45, 2.75) is 24.8 Å². The van der Waals surface area contributed by atoms with Gasteiger partial charge in [-0.2, -0.15) is 0 Å². The molecule has 0 radical (unpaired) electrons. The van der Waals surface area contributed by atoms with Gasteiger partial charge in [0, 0.05) is 44.5 Å². The van der Waals surface area contributed by atoms with E-state index in [1.54, 1.807) is 0 Å². The third-order valence-electron chi connectivity index (χ3n) is 10.1. The molecule has 0 spiro atoms. The molecule has 5 aromatic carbocycles. The first-order valence-electron chi connectivity index (χ1n) is 15.9. The van der Waals surface area contributed by atoms with Gasteiger partial charge in [0.1, 0.15) is 11.2 Å². The van der Waals surface area contributed by atoms with Gasteiger partial charge in [0.05, 0.1) is 17.1 Å². The molecule has 0 saturated carbocycles. The number of hydrogen-bond acceptors (Lipinski definition) is 2. The molecule has 3 heterocycles. The van der Waals surface area contributed by atoms with Crippen molar-refractivity contribution in [1.29, 1.82) is 0 Å². The van der Waals surface area contributed by atoms with Gasteiger partial charge >= 0.3 is 0 Å². The zero-order chi connectivity index (χ0) is 29.5. The molecule has 3 heteroatoms. The molecule has 0 amide bonds. The summed E-state index contributed by atoms with van der Waals surface area (Å²) in [5, 5.41) is 5.01. The van der Waals surface area contributed by atoms with Gasteiger partial charge < -0.3 is 13.9 Å². The second kappa shape index (κ2) is 9.48. The quantitative estimate of drug-likeness (QED) is 0.208. The molecule has 1 aliphatic heterocycles. The van der Waals surface area contributed by atoms with Crippen molar-refractivity contribution in [3.05, 3.63) is 157 Å². The normalized spacial score (nSPS) is 19.0. The second-order valence-corrected chi connectivity index (χ2v) is 12.4. The van der Waals surface area contributed by atoms with Crippen LogP contribution in [-0.4, -0.2) is 10.6 Å². The third kappa shape index (κ3) is 3.58. The van der Waals surface area contributed by atoms with E-state index >= 15 is 0 Å². The number of nitrogens with zero attached hydrogens (tertiary/aromatic N) is 2. The van der Waals surface area contributed by atoms with Crippen molar-refractivity contribution in [3.8, 4) is 0 Å². The smallest absolute Gasteiger partial charge is 0.135 e. The van der Waals surface area contributed by atoms with E-state index < -0.39 is 0 Å². The third-order valence-corrected chi connectivity index (χ3v) is 10.1. The minimum Gasteiger partial charge on any atom is -0.456 e. The summed E-state index contributed by atoms with van der Waals surface area (Å²) in [4.78, 5) is 2.54. The first kappa shape index (κ1) is 24.9. The maximum atomic E-state index is 6.19. The van der Waals surface area contributed by atoms with Crippen molar-refractivity contribution in [1.82, 2.24) is 4.57 Å². The molecular weight excluding hydrogens is 548 g/mol. The van der Waals surface area contributed by atoms with Crippen LogP contribution in [0.4, 0.5) is 11.4 Å². The highest BCUT2D eigenvalue weighted by molar-refractivity contribution is 6.15. The van der Waals surface area contributed by atoms with Crippen LogP contribution in [-0.2, 0) is 0 Å². The number of rotatable bonds is 3. The van der Waals surface area contributed by atoms with Crippen molar-refractivity contribution >= 4 is 66.4 Å². The lowest BCUT2D eigenvalue weighted by atomic mass is 9.88. The Morgan fingerprint density at radius 1 is 0.622 bits per heavy atom. The Balaban J connectivity index is 1.18. The van der Waals surface area contributed by atoms with E-state index in [1.807, 2.05) is 6.07 Å². The number of benzene rings is 5. The minimum atomic E-state index is 0.207. The van der Waals surface area contributed by atoms with Crippen LogP contribution in [0.15, 0.2) is 150 Å². The highest BCUT2D eigenvalue weighted by Crippen LogP contribution is 2.53. The largest absolute Gasteiger partial charge is 0.456 e. The Morgan fingerprint density at radius 3 is 2.31 bits per heavy atom. The predicted molar refractivity (Wildman–Crippen MR) is 188 cm³/mol. The highest BCUT2D eigenvalue weighted by Gasteiger charge is 2.40. The van der Waals surface area contributed by atoms with Crippen molar-refractivity contribution < 1.29 is 4.42 Å². The van der Waals surface area contributed by atoms with Crippen molar-refractivity contribution in [2.75, 3.05) is 4.90 Å². The van der Waals surface area contributed by atoms with Crippen LogP contribution in [0, 0.1) is 0 Å². The molecule has 2 aliphatic carbocycles.